The molecule has 1 aromatic rings. The SMILES string of the molecule is c1cc(OCCN2CCCC2)ccc1C[C@@H]1CCCO1. The van der Waals surface area contributed by atoms with Crippen LogP contribution < -0.4 is 4.74 Å². The Morgan fingerprint density at radius 3 is 2.60 bits per heavy atom. The Kier molecular flexibility index (Phi) is 4.93. The van der Waals surface area contributed by atoms with Crippen LogP contribution in [-0.2, 0) is 11.2 Å². The van der Waals surface area contributed by atoms with E-state index in [0.717, 1.165) is 31.9 Å². The van der Waals surface area contributed by atoms with Crippen molar-refractivity contribution in [3.05, 3.63) is 29.8 Å². The van der Waals surface area contributed by atoms with E-state index in [1.807, 2.05) is 0 Å². The minimum absolute atomic E-state index is 0.428. The van der Waals surface area contributed by atoms with Crippen LogP contribution in [0.4, 0.5) is 0 Å². The Balaban J connectivity index is 1.41. The fourth-order valence-electron chi connectivity index (χ4n) is 3.09. The summed E-state index contributed by atoms with van der Waals surface area (Å²) in [6.45, 7) is 5.26. The molecule has 2 saturated heterocycles. The molecule has 0 spiro atoms. The molecule has 3 heteroatoms. The lowest BCUT2D eigenvalue weighted by Crippen LogP contribution is -2.25. The highest BCUT2D eigenvalue weighted by Gasteiger charge is 2.15. The molecule has 0 N–H and O–H groups in total. The standard InChI is InChI=1S/C17H25NO2/c1-2-10-18(9-1)11-13-20-16-7-5-15(6-8-16)14-17-4-3-12-19-17/h5-8,17H,1-4,9-14H2/t17-/m0/s1. The third-order valence-corrected chi connectivity index (χ3v) is 4.29. The fourth-order valence-corrected chi connectivity index (χ4v) is 3.09. The Labute approximate surface area is 121 Å². The first-order valence-electron chi connectivity index (χ1n) is 7.96. The minimum atomic E-state index is 0.428. The monoisotopic (exact) mass is 275 g/mol. The molecule has 0 amide bonds. The van der Waals surface area contributed by atoms with Gasteiger partial charge in [0, 0.05) is 13.2 Å². The van der Waals surface area contributed by atoms with Crippen LogP contribution in [0, 0.1) is 0 Å². The molecule has 2 aliphatic rings. The molecule has 110 valence electrons. The van der Waals surface area contributed by atoms with Crippen molar-refractivity contribution in [3.63, 3.8) is 0 Å². The summed E-state index contributed by atoms with van der Waals surface area (Å²) in [5.41, 5.74) is 1.35. The number of hydrogen-bond acceptors (Lipinski definition) is 3. The molecular weight excluding hydrogens is 250 g/mol. The van der Waals surface area contributed by atoms with Gasteiger partial charge in [-0.15, -0.1) is 0 Å². The lowest BCUT2D eigenvalue weighted by molar-refractivity contribution is 0.111. The summed E-state index contributed by atoms with van der Waals surface area (Å²) in [5, 5.41) is 0. The van der Waals surface area contributed by atoms with Gasteiger partial charge < -0.3 is 9.47 Å². The van der Waals surface area contributed by atoms with Crippen molar-refractivity contribution in [1.82, 2.24) is 4.90 Å². The molecule has 3 nitrogen and oxygen atoms in total. The minimum Gasteiger partial charge on any atom is -0.492 e. The molecular formula is C17H25NO2. The largest absolute Gasteiger partial charge is 0.492 e. The van der Waals surface area contributed by atoms with E-state index in [4.69, 9.17) is 9.47 Å². The number of nitrogens with zero attached hydrogens (tertiary/aromatic N) is 1. The second-order valence-corrected chi connectivity index (χ2v) is 5.88. The van der Waals surface area contributed by atoms with Crippen LogP contribution in [0.3, 0.4) is 0 Å². The summed E-state index contributed by atoms with van der Waals surface area (Å²) in [4.78, 5) is 2.48. The van der Waals surface area contributed by atoms with Crippen molar-refractivity contribution in [2.45, 2.75) is 38.2 Å². The molecule has 0 saturated carbocycles. The molecule has 2 fully saturated rings. The van der Waals surface area contributed by atoms with Crippen molar-refractivity contribution in [2.24, 2.45) is 0 Å². The van der Waals surface area contributed by atoms with Gasteiger partial charge >= 0.3 is 0 Å². The molecule has 20 heavy (non-hydrogen) atoms. The first-order valence-corrected chi connectivity index (χ1v) is 7.96. The first-order chi connectivity index (χ1) is 9.90. The van der Waals surface area contributed by atoms with E-state index in [-0.39, 0.29) is 0 Å². The van der Waals surface area contributed by atoms with Crippen LogP contribution in [0.5, 0.6) is 5.75 Å². The zero-order chi connectivity index (χ0) is 13.6. The van der Waals surface area contributed by atoms with Crippen molar-refractivity contribution >= 4 is 0 Å². The zero-order valence-electron chi connectivity index (χ0n) is 12.2. The van der Waals surface area contributed by atoms with Crippen LogP contribution in [0.15, 0.2) is 24.3 Å². The van der Waals surface area contributed by atoms with E-state index in [2.05, 4.69) is 29.2 Å². The lowest BCUT2D eigenvalue weighted by atomic mass is 10.1. The molecule has 1 atom stereocenters. The van der Waals surface area contributed by atoms with Crippen LogP contribution in [0.2, 0.25) is 0 Å². The summed E-state index contributed by atoms with van der Waals surface area (Å²) in [7, 11) is 0. The highest BCUT2D eigenvalue weighted by Crippen LogP contribution is 2.19. The average molecular weight is 275 g/mol. The van der Waals surface area contributed by atoms with Gasteiger partial charge in [0.15, 0.2) is 0 Å². The number of benzene rings is 1. The van der Waals surface area contributed by atoms with E-state index in [1.54, 1.807) is 0 Å². The van der Waals surface area contributed by atoms with Crippen LogP contribution >= 0.6 is 0 Å². The van der Waals surface area contributed by atoms with Gasteiger partial charge in [-0.1, -0.05) is 12.1 Å². The normalized spacial score (nSPS) is 23.3. The van der Waals surface area contributed by atoms with Crippen LogP contribution in [-0.4, -0.2) is 43.9 Å². The van der Waals surface area contributed by atoms with E-state index >= 15 is 0 Å². The molecule has 0 aliphatic carbocycles. The van der Waals surface area contributed by atoms with Crippen molar-refractivity contribution < 1.29 is 9.47 Å². The van der Waals surface area contributed by atoms with Crippen molar-refractivity contribution in [3.8, 4) is 5.75 Å². The van der Waals surface area contributed by atoms with Gasteiger partial charge in [0.1, 0.15) is 12.4 Å². The summed E-state index contributed by atoms with van der Waals surface area (Å²) < 4.78 is 11.5. The third kappa shape index (κ3) is 3.97. The maximum atomic E-state index is 5.82. The number of ether oxygens (including phenoxy) is 2. The molecule has 2 heterocycles. The molecule has 0 radical (unpaired) electrons. The van der Waals surface area contributed by atoms with E-state index < -0.39 is 0 Å². The van der Waals surface area contributed by atoms with Gasteiger partial charge in [-0.2, -0.15) is 0 Å². The van der Waals surface area contributed by atoms with E-state index in [9.17, 15) is 0 Å². The Morgan fingerprint density at radius 2 is 1.90 bits per heavy atom. The summed E-state index contributed by atoms with van der Waals surface area (Å²) in [5.74, 6) is 0.986. The Bertz CT molecular complexity index is 392. The highest BCUT2D eigenvalue weighted by atomic mass is 16.5. The highest BCUT2D eigenvalue weighted by molar-refractivity contribution is 5.27. The lowest BCUT2D eigenvalue weighted by Gasteiger charge is -2.15. The predicted molar refractivity (Wildman–Crippen MR) is 80.3 cm³/mol. The molecule has 1 aromatic carbocycles. The smallest absolute Gasteiger partial charge is 0.119 e. The summed E-state index contributed by atoms with van der Waals surface area (Å²) >= 11 is 0. The topological polar surface area (TPSA) is 21.7 Å². The number of hydrogen-bond donors (Lipinski definition) is 0. The second-order valence-electron chi connectivity index (χ2n) is 5.88. The quantitative estimate of drug-likeness (QED) is 0.797. The van der Waals surface area contributed by atoms with Crippen LogP contribution in [0.1, 0.15) is 31.2 Å². The molecule has 3 rings (SSSR count). The van der Waals surface area contributed by atoms with Crippen molar-refractivity contribution in [2.75, 3.05) is 32.8 Å². The van der Waals surface area contributed by atoms with Gasteiger partial charge in [-0.05, 0) is 62.9 Å². The van der Waals surface area contributed by atoms with Gasteiger partial charge in [-0.25, -0.2) is 0 Å². The molecule has 0 bridgehead atoms. The molecule has 0 aromatic heterocycles. The van der Waals surface area contributed by atoms with E-state index in [1.165, 1.54) is 44.3 Å². The van der Waals surface area contributed by atoms with Gasteiger partial charge in [0.05, 0.1) is 6.10 Å². The fraction of sp³-hybridized carbons (Fsp3) is 0.647. The number of rotatable bonds is 6. The maximum absolute atomic E-state index is 5.82. The Hall–Kier alpha value is -1.06. The third-order valence-electron chi connectivity index (χ3n) is 4.29. The first kappa shape index (κ1) is 13.9. The predicted octanol–water partition coefficient (Wildman–Crippen LogP) is 2.88. The van der Waals surface area contributed by atoms with Gasteiger partial charge in [0.2, 0.25) is 0 Å². The van der Waals surface area contributed by atoms with Crippen LogP contribution in [0.25, 0.3) is 0 Å². The maximum Gasteiger partial charge on any atom is 0.119 e. The molecule has 2 aliphatic heterocycles. The zero-order valence-corrected chi connectivity index (χ0v) is 12.2. The number of likely N-dealkylation sites (tertiary alicyclic amines) is 1. The summed E-state index contributed by atoms with van der Waals surface area (Å²) in [6.07, 6.45) is 6.57. The average Bonchev–Trinajstić information content (AvgIpc) is 3.14. The summed E-state index contributed by atoms with van der Waals surface area (Å²) in [6, 6.07) is 8.53. The Morgan fingerprint density at radius 1 is 1.10 bits per heavy atom. The second kappa shape index (κ2) is 7.09. The van der Waals surface area contributed by atoms with Crippen molar-refractivity contribution in [1.29, 1.82) is 0 Å². The van der Waals surface area contributed by atoms with Gasteiger partial charge in [-0.3, -0.25) is 4.90 Å². The van der Waals surface area contributed by atoms with E-state index in [0.29, 0.717) is 6.10 Å². The molecule has 0 unspecified atom stereocenters. The van der Waals surface area contributed by atoms with Gasteiger partial charge in [0.25, 0.3) is 0 Å².